The number of anilines is 3. The second-order valence-corrected chi connectivity index (χ2v) is 9.43. The lowest BCUT2D eigenvalue weighted by Gasteiger charge is -2.38. The predicted octanol–water partition coefficient (Wildman–Crippen LogP) is 6.52. The standard InChI is InChI=1S/C25H30ClF2N3O4/c1-15(2)13-31(17-6-4-3-5-7-17)20-10-11-21(35-14-22(32)33)23(28)24(20)30-25(34)29-19-9-8-16(26)12-18(19)27/h8-12,15,17H,3-7,13-14H2,1-2H3,(H,32,33)(H2,29,30,34). The van der Waals surface area contributed by atoms with Gasteiger partial charge in [0, 0.05) is 17.6 Å². The van der Waals surface area contributed by atoms with Crippen LogP contribution in [0.15, 0.2) is 30.3 Å². The molecule has 0 atom stereocenters. The van der Waals surface area contributed by atoms with Crippen molar-refractivity contribution in [1.29, 1.82) is 0 Å². The van der Waals surface area contributed by atoms with E-state index in [4.69, 9.17) is 21.4 Å². The van der Waals surface area contributed by atoms with Crippen molar-refractivity contribution in [3.8, 4) is 5.75 Å². The van der Waals surface area contributed by atoms with Crippen molar-refractivity contribution in [2.24, 2.45) is 5.92 Å². The predicted molar refractivity (Wildman–Crippen MR) is 133 cm³/mol. The molecular formula is C25H30ClF2N3O4. The Kier molecular flexibility index (Phi) is 9.14. The molecule has 3 N–H and O–H groups in total. The van der Waals surface area contributed by atoms with Crippen molar-refractivity contribution in [1.82, 2.24) is 0 Å². The molecule has 0 saturated heterocycles. The van der Waals surface area contributed by atoms with Gasteiger partial charge < -0.3 is 25.4 Å². The van der Waals surface area contributed by atoms with Gasteiger partial charge in [0.1, 0.15) is 11.5 Å². The lowest BCUT2D eigenvalue weighted by Crippen LogP contribution is -2.40. The highest BCUT2D eigenvalue weighted by molar-refractivity contribution is 6.30. The molecule has 35 heavy (non-hydrogen) atoms. The summed E-state index contributed by atoms with van der Waals surface area (Å²) >= 11 is 5.77. The second-order valence-electron chi connectivity index (χ2n) is 9.00. The minimum atomic E-state index is -1.26. The van der Waals surface area contributed by atoms with E-state index in [2.05, 4.69) is 29.4 Å². The fourth-order valence-corrected chi connectivity index (χ4v) is 4.40. The Morgan fingerprint density at radius 3 is 2.49 bits per heavy atom. The van der Waals surface area contributed by atoms with Gasteiger partial charge in [0.25, 0.3) is 0 Å². The molecule has 3 rings (SSSR count). The number of hydrogen-bond donors (Lipinski definition) is 3. The van der Waals surface area contributed by atoms with E-state index in [0.717, 1.165) is 38.2 Å². The van der Waals surface area contributed by atoms with Crippen molar-refractivity contribution >= 4 is 40.7 Å². The molecule has 0 radical (unpaired) electrons. The molecule has 2 aromatic rings. The van der Waals surface area contributed by atoms with Crippen LogP contribution in [0.4, 0.5) is 30.6 Å². The van der Waals surface area contributed by atoms with Crippen molar-refractivity contribution in [2.75, 3.05) is 28.7 Å². The number of amides is 2. The van der Waals surface area contributed by atoms with E-state index in [-0.39, 0.29) is 34.1 Å². The maximum absolute atomic E-state index is 15.6. The van der Waals surface area contributed by atoms with Crippen LogP contribution in [-0.2, 0) is 4.79 Å². The van der Waals surface area contributed by atoms with Gasteiger partial charge in [-0.2, -0.15) is 0 Å². The highest BCUT2D eigenvalue weighted by Crippen LogP contribution is 2.38. The average molecular weight is 510 g/mol. The highest BCUT2D eigenvalue weighted by atomic mass is 35.5. The molecule has 10 heteroatoms. The molecule has 0 heterocycles. The number of benzene rings is 2. The number of nitrogens with one attached hydrogen (secondary N) is 2. The van der Waals surface area contributed by atoms with Crippen LogP contribution in [-0.4, -0.2) is 36.3 Å². The van der Waals surface area contributed by atoms with Crippen molar-refractivity contribution in [3.05, 3.63) is 47.0 Å². The molecule has 0 aromatic heterocycles. The minimum absolute atomic E-state index is 0.126. The monoisotopic (exact) mass is 509 g/mol. The number of carbonyl (C=O) groups is 2. The average Bonchev–Trinajstić information content (AvgIpc) is 2.80. The van der Waals surface area contributed by atoms with Gasteiger partial charge >= 0.3 is 12.0 Å². The Bertz CT molecular complexity index is 1060. The molecular weight excluding hydrogens is 480 g/mol. The number of nitrogens with zero attached hydrogens (tertiary/aromatic N) is 1. The van der Waals surface area contributed by atoms with Gasteiger partial charge in [-0.1, -0.05) is 44.7 Å². The topological polar surface area (TPSA) is 90.9 Å². The van der Waals surface area contributed by atoms with Crippen LogP contribution in [0.1, 0.15) is 46.0 Å². The van der Waals surface area contributed by atoms with Crippen LogP contribution in [0.2, 0.25) is 5.02 Å². The fourth-order valence-electron chi connectivity index (χ4n) is 4.24. The number of ether oxygens (including phenoxy) is 1. The molecule has 1 saturated carbocycles. The summed E-state index contributed by atoms with van der Waals surface area (Å²) in [5.41, 5.74) is 0.168. The summed E-state index contributed by atoms with van der Waals surface area (Å²) in [5.74, 6) is -2.96. The summed E-state index contributed by atoms with van der Waals surface area (Å²) < 4.78 is 34.9. The number of carboxylic acid groups (broad SMARTS) is 1. The number of halogens is 3. The molecule has 7 nitrogen and oxygen atoms in total. The Hall–Kier alpha value is -3.07. The summed E-state index contributed by atoms with van der Waals surface area (Å²) in [7, 11) is 0. The summed E-state index contributed by atoms with van der Waals surface area (Å²) in [6, 6.07) is 6.05. The van der Waals surface area contributed by atoms with E-state index >= 15 is 4.39 Å². The SMILES string of the molecule is CC(C)CN(c1ccc(OCC(=O)O)c(F)c1NC(=O)Nc1ccc(Cl)cc1F)C1CCCCC1. The van der Waals surface area contributed by atoms with E-state index in [0.29, 0.717) is 12.2 Å². The summed E-state index contributed by atoms with van der Waals surface area (Å²) in [6.07, 6.45) is 5.13. The third kappa shape index (κ3) is 7.21. The Morgan fingerprint density at radius 1 is 1.14 bits per heavy atom. The third-order valence-corrected chi connectivity index (χ3v) is 5.98. The Balaban J connectivity index is 1.97. The molecule has 0 unspecified atom stereocenters. The molecule has 2 amide bonds. The summed E-state index contributed by atoms with van der Waals surface area (Å²) in [4.78, 5) is 25.8. The highest BCUT2D eigenvalue weighted by Gasteiger charge is 2.28. The zero-order valence-electron chi connectivity index (χ0n) is 19.7. The van der Waals surface area contributed by atoms with E-state index in [1.54, 1.807) is 6.07 Å². The van der Waals surface area contributed by atoms with Crippen molar-refractivity contribution in [3.63, 3.8) is 0 Å². The van der Waals surface area contributed by atoms with Crippen molar-refractivity contribution < 1.29 is 28.2 Å². The quantitative estimate of drug-likeness (QED) is 0.358. The van der Waals surface area contributed by atoms with Gasteiger partial charge in [0.05, 0.1) is 11.4 Å². The van der Waals surface area contributed by atoms with E-state index in [9.17, 15) is 14.0 Å². The normalized spacial score (nSPS) is 14.0. The number of urea groups is 1. The number of rotatable bonds is 9. The maximum Gasteiger partial charge on any atom is 0.341 e. The molecule has 1 fully saturated rings. The molecule has 0 spiro atoms. The van der Waals surface area contributed by atoms with Gasteiger partial charge in [-0.25, -0.2) is 18.4 Å². The number of aliphatic carboxylic acids is 1. The molecule has 190 valence electrons. The van der Waals surface area contributed by atoms with Crippen LogP contribution >= 0.6 is 11.6 Å². The second kappa shape index (κ2) is 12.1. The fraction of sp³-hybridized carbons (Fsp3) is 0.440. The van der Waals surface area contributed by atoms with Gasteiger partial charge in [-0.15, -0.1) is 0 Å². The smallest absolute Gasteiger partial charge is 0.341 e. The molecule has 0 aliphatic heterocycles. The minimum Gasteiger partial charge on any atom is -0.479 e. The summed E-state index contributed by atoms with van der Waals surface area (Å²) in [6.45, 7) is 4.00. The first kappa shape index (κ1) is 26.5. The molecule has 1 aliphatic carbocycles. The first-order valence-corrected chi connectivity index (χ1v) is 12.0. The van der Waals surface area contributed by atoms with Crippen LogP contribution in [0, 0.1) is 17.6 Å². The van der Waals surface area contributed by atoms with Gasteiger partial charge in [-0.3, -0.25) is 0 Å². The zero-order valence-corrected chi connectivity index (χ0v) is 20.5. The lowest BCUT2D eigenvalue weighted by molar-refractivity contribution is -0.139. The zero-order chi connectivity index (χ0) is 25.5. The van der Waals surface area contributed by atoms with E-state index in [1.165, 1.54) is 18.2 Å². The van der Waals surface area contributed by atoms with Gasteiger partial charge in [0.2, 0.25) is 0 Å². The maximum atomic E-state index is 15.6. The first-order valence-electron chi connectivity index (χ1n) is 11.6. The van der Waals surface area contributed by atoms with Gasteiger partial charge in [-0.05, 0) is 49.1 Å². The van der Waals surface area contributed by atoms with Gasteiger partial charge in [0.15, 0.2) is 18.2 Å². The largest absolute Gasteiger partial charge is 0.479 e. The lowest BCUT2D eigenvalue weighted by atomic mass is 9.93. The molecule has 1 aliphatic rings. The Labute approximate surface area is 208 Å². The molecule has 2 aromatic carbocycles. The van der Waals surface area contributed by atoms with Crippen LogP contribution < -0.4 is 20.3 Å². The van der Waals surface area contributed by atoms with E-state index < -0.39 is 30.2 Å². The van der Waals surface area contributed by atoms with Crippen LogP contribution in [0.25, 0.3) is 0 Å². The first-order chi connectivity index (χ1) is 16.7. The number of carboxylic acids is 1. The number of carbonyl (C=O) groups excluding carboxylic acids is 1. The molecule has 0 bridgehead atoms. The Morgan fingerprint density at radius 2 is 1.86 bits per heavy atom. The number of hydrogen-bond acceptors (Lipinski definition) is 4. The van der Waals surface area contributed by atoms with Crippen LogP contribution in [0.3, 0.4) is 0 Å². The van der Waals surface area contributed by atoms with Crippen LogP contribution in [0.5, 0.6) is 5.75 Å². The third-order valence-electron chi connectivity index (χ3n) is 5.74. The summed E-state index contributed by atoms with van der Waals surface area (Å²) in [5, 5.41) is 14.0. The van der Waals surface area contributed by atoms with E-state index in [1.807, 2.05) is 0 Å². The van der Waals surface area contributed by atoms with Crippen molar-refractivity contribution in [2.45, 2.75) is 52.0 Å².